The Morgan fingerprint density at radius 2 is 0.980 bits per heavy atom. The molecule has 1 nitrogen and oxygen atoms in total. The van der Waals surface area contributed by atoms with Gasteiger partial charge in [0.1, 0.15) is 0 Å². The average Bonchev–Trinajstić information content (AvgIpc) is 3.69. The summed E-state index contributed by atoms with van der Waals surface area (Å²) in [5.74, 6) is 0.425. The first-order valence-corrected chi connectivity index (χ1v) is 19.8. The van der Waals surface area contributed by atoms with Gasteiger partial charge in [-0.05, 0) is 73.5 Å². The fourth-order valence-corrected chi connectivity index (χ4v) is 12.5. The zero-order valence-corrected chi connectivity index (χ0v) is 29.4. The molecule has 0 saturated heterocycles. The van der Waals surface area contributed by atoms with Gasteiger partial charge in [0.05, 0.1) is 5.41 Å². The first kappa shape index (κ1) is 30.3. The van der Waals surface area contributed by atoms with Crippen molar-refractivity contribution in [3.8, 4) is 22.3 Å². The van der Waals surface area contributed by atoms with Crippen LogP contribution in [0.2, 0.25) is 0 Å². The highest BCUT2D eigenvalue weighted by atomic mass is 31.2. The van der Waals surface area contributed by atoms with Crippen LogP contribution in [0.1, 0.15) is 52.6 Å². The van der Waals surface area contributed by atoms with E-state index in [1.807, 2.05) is 60.7 Å². The van der Waals surface area contributed by atoms with Crippen molar-refractivity contribution in [1.29, 1.82) is 0 Å². The minimum absolute atomic E-state index is 0.140. The Bertz CT molecular complexity index is 2460. The maximum Gasteiger partial charge on any atom is 0.171 e. The van der Waals surface area contributed by atoms with Crippen molar-refractivity contribution in [3.05, 3.63) is 215 Å². The van der Waals surface area contributed by atoms with E-state index in [4.69, 9.17) is 0 Å². The van der Waals surface area contributed by atoms with Gasteiger partial charge in [-0.2, -0.15) is 0 Å². The number of allylic oxidation sites excluding steroid dienone is 1. The molecule has 2 unspecified atom stereocenters. The van der Waals surface area contributed by atoms with Gasteiger partial charge in [-0.3, -0.25) is 0 Å². The molecular weight excluding hydrogens is 636 g/mol. The van der Waals surface area contributed by atoms with Crippen molar-refractivity contribution in [3.63, 3.8) is 0 Å². The van der Waals surface area contributed by atoms with Crippen molar-refractivity contribution in [2.24, 2.45) is 5.92 Å². The Labute approximate surface area is 300 Å². The monoisotopic (exact) mass is 672 g/mol. The minimum Gasteiger partial charge on any atom is -0.309 e. The van der Waals surface area contributed by atoms with Crippen LogP contribution < -0.4 is 15.9 Å². The SMILES string of the molecule is CCC1C=C2c3ccccc3-c3cccc(c32)C1C1(c2ccc(P(=O)(c3ccccc3)c3ccccc3)cc2)c2ccccc2-c2ccccc21. The van der Waals surface area contributed by atoms with Crippen LogP contribution in [0.5, 0.6) is 0 Å². The Kier molecular flexibility index (Phi) is 6.86. The summed E-state index contributed by atoms with van der Waals surface area (Å²) in [4.78, 5) is 0. The second-order valence-corrected chi connectivity index (χ2v) is 16.9. The first-order valence-electron chi connectivity index (χ1n) is 18.1. The molecule has 2 atom stereocenters. The molecule has 0 radical (unpaired) electrons. The normalized spacial score (nSPS) is 17.5. The van der Waals surface area contributed by atoms with Crippen molar-refractivity contribution in [1.82, 2.24) is 0 Å². The second kappa shape index (κ2) is 11.5. The molecule has 51 heavy (non-hydrogen) atoms. The summed E-state index contributed by atoms with van der Waals surface area (Å²) in [6, 6.07) is 63.0. The van der Waals surface area contributed by atoms with Crippen LogP contribution in [0, 0.1) is 5.92 Å². The highest BCUT2D eigenvalue weighted by molar-refractivity contribution is 7.85. The molecule has 2 heteroatoms. The molecule has 3 aliphatic rings. The van der Waals surface area contributed by atoms with Crippen LogP contribution >= 0.6 is 7.14 Å². The number of fused-ring (bicyclic) bond motifs is 6. The van der Waals surface area contributed by atoms with Crippen LogP contribution in [-0.4, -0.2) is 0 Å². The molecular formula is C49H37OP. The summed E-state index contributed by atoms with van der Waals surface area (Å²) in [6.07, 6.45) is 3.61. The van der Waals surface area contributed by atoms with Gasteiger partial charge in [-0.15, -0.1) is 0 Å². The molecule has 7 aromatic rings. The lowest BCUT2D eigenvalue weighted by Gasteiger charge is -2.46. The number of hydrogen-bond acceptors (Lipinski definition) is 1. The molecule has 0 heterocycles. The minimum atomic E-state index is -3.13. The molecule has 10 rings (SSSR count). The number of benzene rings is 7. The van der Waals surface area contributed by atoms with E-state index < -0.39 is 12.6 Å². The first-order chi connectivity index (χ1) is 25.2. The van der Waals surface area contributed by atoms with Gasteiger partial charge in [-0.25, -0.2) is 0 Å². The quantitative estimate of drug-likeness (QED) is 0.161. The van der Waals surface area contributed by atoms with Gasteiger partial charge in [0.2, 0.25) is 0 Å². The molecule has 0 aliphatic heterocycles. The lowest BCUT2D eigenvalue weighted by molar-refractivity contribution is 0.377. The van der Waals surface area contributed by atoms with E-state index in [0.29, 0.717) is 0 Å². The van der Waals surface area contributed by atoms with Gasteiger partial charge in [0.25, 0.3) is 0 Å². The van der Waals surface area contributed by atoms with Crippen LogP contribution in [0.4, 0.5) is 0 Å². The average molecular weight is 673 g/mol. The fourth-order valence-electron chi connectivity index (χ4n) is 9.82. The van der Waals surface area contributed by atoms with E-state index in [0.717, 1.165) is 22.3 Å². The van der Waals surface area contributed by atoms with E-state index in [1.165, 1.54) is 61.2 Å². The van der Waals surface area contributed by atoms with E-state index in [9.17, 15) is 0 Å². The van der Waals surface area contributed by atoms with Crippen LogP contribution in [-0.2, 0) is 9.98 Å². The summed E-state index contributed by atoms with van der Waals surface area (Å²) in [6.45, 7) is 2.35. The van der Waals surface area contributed by atoms with Gasteiger partial charge in [0, 0.05) is 21.8 Å². The van der Waals surface area contributed by atoms with Crippen molar-refractivity contribution >= 4 is 28.6 Å². The molecule has 0 fully saturated rings. The van der Waals surface area contributed by atoms with E-state index in [2.05, 4.69) is 128 Å². The summed E-state index contributed by atoms with van der Waals surface area (Å²) in [7, 11) is -3.13. The van der Waals surface area contributed by atoms with E-state index in [1.54, 1.807) is 0 Å². The topological polar surface area (TPSA) is 17.1 Å². The van der Waals surface area contributed by atoms with Gasteiger partial charge >= 0.3 is 0 Å². The van der Waals surface area contributed by atoms with Gasteiger partial charge in [0.15, 0.2) is 7.14 Å². The van der Waals surface area contributed by atoms with Gasteiger partial charge < -0.3 is 4.57 Å². The smallest absolute Gasteiger partial charge is 0.171 e. The van der Waals surface area contributed by atoms with Crippen LogP contribution in [0.15, 0.2) is 182 Å². The number of rotatable bonds is 6. The number of hydrogen-bond donors (Lipinski definition) is 0. The summed E-state index contributed by atoms with van der Waals surface area (Å²) in [5, 5.41) is 2.56. The molecule has 0 aromatic heterocycles. The zero-order valence-electron chi connectivity index (χ0n) is 28.5. The third kappa shape index (κ3) is 4.13. The summed E-state index contributed by atoms with van der Waals surface area (Å²) < 4.78 is 15.5. The molecule has 244 valence electrons. The third-order valence-electron chi connectivity index (χ3n) is 11.9. The predicted octanol–water partition coefficient (Wildman–Crippen LogP) is 10.9. The molecule has 0 amide bonds. The van der Waals surface area contributed by atoms with Gasteiger partial charge in [-0.1, -0.05) is 189 Å². The Balaban J connectivity index is 1.25. The Morgan fingerprint density at radius 3 is 1.57 bits per heavy atom. The standard InChI is InChI=1S/C49H37OP/c1-2-33-32-44-39-21-10-9-20-38(39)42-24-15-25-43(47(42)44)48(33)49(45-26-13-11-22-40(45)41-23-12-14-27-46(41)49)34-28-30-37(31-29-34)51(50,35-16-5-3-6-17-35)36-18-7-4-8-19-36/h3-33,48H,2H2,1H3. The molecule has 0 N–H and O–H groups in total. The highest BCUT2D eigenvalue weighted by Gasteiger charge is 2.54. The van der Waals surface area contributed by atoms with Crippen LogP contribution in [0.25, 0.3) is 27.8 Å². The van der Waals surface area contributed by atoms with Crippen LogP contribution in [0.3, 0.4) is 0 Å². The summed E-state index contributed by atoms with van der Waals surface area (Å²) >= 11 is 0. The lowest BCUT2D eigenvalue weighted by atomic mass is 9.55. The van der Waals surface area contributed by atoms with E-state index >= 15 is 4.57 Å². The van der Waals surface area contributed by atoms with E-state index in [-0.39, 0.29) is 11.8 Å². The third-order valence-corrected chi connectivity index (χ3v) is 15.0. The molecule has 7 aromatic carbocycles. The molecule has 0 saturated carbocycles. The van der Waals surface area contributed by atoms with Crippen molar-refractivity contribution in [2.45, 2.75) is 24.7 Å². The van der Waals surface area contributed by atoms with Crippen molar-refractivity contribution in [2.75, 3.05) is 0 Å². The molecule has 0 spiro atoms. The lowest BCUT2D eigenvalue weighted by Crippen LogP contribution is -2.40. The predicted molar refractivity (Wildman–Crippen MR) is 213 cm³/mol. The Hall–Kier alpha value is -5.49. The maximum atomic E-state index is 15.5. The summed E-state index contributed by atoms with van der Waals surface area (Å²) in [5.41, 5.74) is 14.3. The maximum absolute atomic E-state index is 15.5. The van der Waals surface area contributed by atoms with Crippen molar-refractivity contribution < 1.29 is 4.57 Å². The second-order valence-electron chi connectivity index (χ2n) is 14.2. The fraction of sp³-hybridized carbons (Fsp3) is 0.102. The molecule has 0 bridgehead atoms. The highest BCUT2D eigenvalue weighted by Crippen LogP contribution is 2.65. The zero-order chi connectivity index (χ0) is 34.2. The molecule has 3 aliphatic carbocycles. The Morgan fingerprint density at radius 1 is 0.490 bits per heavy atom. The largest absolute Gasteiger partial charge is 0.309 e.